The van der Waals surface area contributed by atoms with E-state index in [1.54, 1.807) is 32.5 Å². The van der Waals surface area contributed by atoms with Crippen LogP contribution < -0.4 is 4.74 Å². The number of hydrogen-bond donors (Lipinski definition) is 0. The predicted octanol–water partition coefficient (Wildman–Crippen LogP) is 1.48. The van der Waals surface area contributed by atoms with Crippen molar-refractivity contribution in [3.05, 3.63) is 35.6 Å². The summed E-state index contributed by atoms with van der Waals surface area (Å²) in [6, 6.07) is 3.42. The van der Waals surface area contributed by atoms with Gasteiger partial charge in [0.25, 0.3) is 11.8 Å². The molecule has 27 heavy (non-hydrogen) atoms. The largest absolute Gasteiger partial charge is 0.481 e. The van der Waals surface area contributed by atoms with Crippen molar-refractivity contribution in [2.45, 2.75) is 32.0 Å². The quantitative estimate of drug-likeness (QED) is 0.683. The average molecular weight is 376 g/mol. The summed E-state index contributed by atoms with van der Waals surface area (Å²) in [6.07, 6.45) is 3.75. The van der Waals surface area contributed by atoms with Gasteiger partial charge in [0.05, 0.1) is 25.4 Å². The van der Waals surface area contributed by atoms with E-state index >= 15 is 0 Å². The zero-order valence-corrected chi connectivity index (χ0v) is 15.6. The van der Waals surface area contributed by atoms with Crippen molar-refractivity contribution >= 4 is 5.91 Å². The van der Waals surface area contributed by atoms with Crippen LogP contribution in [0, 0.1) is 0 Å². The van der Waals surface area contributed by atoms with Gasteiger partial charge in [0.2, 0.25) is 5.88 Å². The molecule has 0 atom stereocenters. The molecule has 3 heterocycles. The molecule has 0 unspecified atom stereocenters. The maximum absolute atomic E-state index is 12.5. The van der Waals surface area contributed by atoms with Gasteiger partial charge in [0.1, 0.15) is 6.61 Å². The lowest BCUT2D eigenvalue weighted by Crippen LogP contribution is -2.40. The first-order valence-corrected chi connectivity index (χ1v) is 8.91. The summed E-state index contributed by atoms with van der Waals surface area (Å²) >= 11 is 0. The molecule has 2 aromatic rings. The van der Waals surface area contributed by atoms with E-state index in [-0.39, 0.29) is 18.6 Å². The van der Waals surface area contributed by atoms with Gasteiger partial charge < -0.3 is 23.6 Å². The van der Waals surface area contributed by atoms with Crippen LogP contribution in [-0.4, -0.2) is 66.0 Å². The smallest absolute Gasteiger partial charge is 0.255 e. The molecule has 0 spiro atoms. The summed E-state index contributed by atoms with van der Waals surface area (Å²) in [6.45, 7) is 2.11. The van der Waals surface area contributed by atoms with Crippen LogP contribution in [0.15, 0.2) is 22.9 Å². The van der Waals surface area contributed by atoms with Crippen molar-refractivity contribution in [3.63, 3.8) is 0 Å². The second kappa shape index (κ2) is 9.43. The Morgan fingerprint density at radius 3 is 2.78 bits per heavy atom. The third kappa shape index (κ3) is 5.24. The maximum Gasteiger partial charge on any atom is 0.255 e. The lowest BCUT2D eigenvalue weighted by atomic mass is 10.1. The van der Waals surface area contributed by atoms with Crippen molar-refractivity contribution in [3.8, 4) is 5.88 Å². The van der Waals surface area contributed by atoms with Gasteiger partial charge in [0.15, 0.2) is 5.82 Å². The first kappa shape index (κ1) is 19.2. The Morgan fingerprint density at radius 2 is 2.11 bits per heavy atom. The van der Waals surface area contributed by atoms with E-state index in [1.807, 2.05) is 4.90 Å². The standard InChI is InChI=1S/C18H24N4O5/c1-24-10-7-15-20-17(27-21-15)12-26-14-5-8-22(9-6-14)18(23)13-3-4-16(25-2)19-11-13/h3-4,11,14H,5-10,12H2,1-2H3. The fraction of sp³-hybridized carbons (Fsp3) is 0.556. The number of rotatable bonds is 8. The number of amides is 1. The topological polar surface area (TPSA) is 99.8 Å². The molecule has 1 aliphatic heterocycles. The third-order valence-corrected chi connectivity index (χ3v) is 4.40. The molecule has 1 saturated heterocycles. The molecule has 0 aliphatic carbocycles. The van der Waals surface area contributed by atoms with Gasteiger partial charge in [-0.2, -0.15) is 4.98 Å². The van der Waals surface area contributed by atoms with E-state index in [9.17, 15) is 4.79 Å². The van der Waals surface area contributed by atoms with Crippen LogP contribution in [0.3, 0.4) is 0 Å². The molecule has 1 fully saturated rings. The lowest BCUT2D eigenvalue weighted by molar-refractivity contribution is -0.00978. The molecular weight excluding hydrogens is 352 g/mol. The highest BCUT2D eigenvalue weighted by molar-refractivity contribution is 5.94. The van der Waals surface area contributed by atoms with Crippen LogP contribution in [0.4, 0.5) is 0 Å². The maximum atomic E-state index is 12.5. The fourth-order valence-electron chi connectivity index (χ4n) is 2.87. The number of nitrogens with zero attached hydrogens (tertiary/aromatic N) is 4. The lowest BCUT2D eigenvalue weighted by Gasteiger charge is -2.31. The number of carbonyl (C=O) groups excluding carboxylic acids is 1. The summed E-state index contributed by atoms with van der Waals surface area (Å²) < 4.78 is 21.0. The summed E-state index contributed by atoms with van der Waals surface area (Å²) in [7, 11) is 3.18. The van der Waals surface area contributed by atoms with Gasteiger partial charge in [-0.1, -0.05) is 5.16 Å². The SMILES string of the molecule is COCCc1noc(COC2CCN(C(=O)c3ccc(OC)nc3)CC2)n1. The van der Waals surface area contributed by atoms with E-state index in [2.05, 4.69) is 15.1 Å². The monoisotopic (exact) mass is 376 g/mol. The molecule has 2 aromatic heterocycles. The first-order chi connectivity index (χ1) is 13.2. The Bertz CT molecular complexity index is 726. The molecule has 1 amide bonds. The van der Waals surface area contributed by atoms with E-state index in [0.717, 1.165) is 12.8 Å². The Hall–Kier alpha value is -2.52. The number of carbonyl (C=O) groups is 1. The van der Waals surface area contributed by atoms with E-state index < -0.39 is 0 Å². The van der Waals surface area contributed by atoms with E-state index in [1.165, 1.54) is 0 Å². The summed E-state index contributed by atoms with van der Waals surface area (Å²) in [5.74, 6) is 1.54. The Morgan fingerprint density at radius 1 is 1.30 bits per heavy atom. The Kier molecular flexibility index (Phi) is 6.72. The molecule has 0 saturated carbocycles. The van der Waals surface area contributed by atoms with Crippen LogP contribution in [0.2, 0.25) is 0 Å². The first-order valence-electron chi connectivity index (χ1n) is 8.91. The van der Waals surface area contributed by atoms with Crippen LogP contribution in [-0.2, 0) is 22.5 Å². The number of methoxy groups -OCH3 is 2. The molecule has 9 nitrogen and oxygen atoms in total. The molecule has 0 N–H and O–H groups in total. The molecular formula is C18H24N4O5. The van der Waals surface area contributed by atoms with Crippen molar-refractivity contribution in [1.82, 2.24) is 20.0 Å². The van der Waals surface area contributed by atoms with Gasteiger partial charge in [-0.05, 0) is 18.9 Å². The zero-order chi connectivity index (χ0) is 19.1. The highest BCUT2D eigenvalue weighted by atomic mass is 16.5. The van der Waals surface area contributed by atoms with Crippen LogP contribution >= 0.6 is 0 Å². The van der Waals surface area contributed by atoms with Crippen molar-refractivity contribution in [2.75, 3.05) is 33.9 Å². The number of ether oxygens (including phenoxy) is 3. The number of likely N-dealkylation sites (tertiary alicyclic amines) is 1. The minimum absolute atomic E-state index is 0.0247. The molecule has 0 bridgehead atoms. The molecule has 0 aromatic carbocycles. The van der Waals surface area contributed by atoms with Crippen molar-refractivity contribution < 1.29 is 23.5 Å². The highest BCUT2D eigenvalue weighted by Gasteiger charge is 2.24. The summed E-state index contributed by atoms with van der Waals surface area (Å²) in [5.41, 5.74) is 0.560. The number of hydrogen-bond acceptors (Lipinski definition) is 8. The number of pyridine rings is 1. The molecule has 0 radical (unpaired) electrons. The van der Waals surface area contributed by atoms with Gasteiger partial charge in [-0.3, -0.25) is 4.79 Å². The van der Waals surface area contributed by atoms with Crippen molar-refractivity contribution in [1.29, 1.82) is 0 Å². The molecule has 1 aliphatic rings. The van der Waals surface area contributed by atoms with Crippen LogP contribution in [0.1, 0.15) is 34.9 Å². The van der Waals surface area contributed by atoms with Gasteiger partial charge >= 0.3 is 0 Å². The van der Waals surface area contributed by atoms with E-state index in [4.69, 9.17) is 18.7 Å². The van der Waals surface area contributed by atoms with Crippen LogP contribution in [0.25, 0.3) is 0 Å². The Balaban J connectivity index is 1.43. The summed E-state index contributed by atoms with van der Waals surface area (Å²) in [4.78, 5) is 22.7. The second-order valence-corrected chi connectivity index (χ2v) is 6.24. The minimum Gasteiger partial charge on any atom is -0.481 e. The van der Waals surface area contributed by atoms with Gasteiger partial charge in [-0.25, -0.2) is 4.98 Å². The zero-order valence-electron chi connectivity index (χ0n) is 15.6. The second-order valence-electron chi connectivity index (χ2n) is 6.24. The fourth-order valence-corrected chi connectivity index (χ4v) is 2.87. The minimum atomic E-state index is -0.0247. The molecule has 9 heteroatoms. The predicted molar refractivity (Wildman–Crippen MR) is 94.4 cm³/mol. The number of piperidine rings is 1. The highest BCUT2D eigenvalue weighted by Crippen LogP contribution is 2.18. The molecule has 146 valence electrons. The number of aromatic nitrogens is 3. The third-order valence-electron chi connectivity index (χ3n) is 4.40. The van der Waals surface area contributed by atoms with Gasteiger partial charge in [0, 0.05) is 38.9 Å². The normalized spacial score (nSPS) is 15.1. The molecule has 3 rings (SSSR count). The average Bonchev–Trinajstić information content (AvgIpc) is 3.18. The van der Waals surface area contributed by atoms with Gasteiger partial charge in [-0.15, -0.1) is 0 Å². The Labute approximate surface area is 157 Å². The van der Waals surface area contributed by atoms with Crippen LogP contribution in [0.5, 0.6) is 5.88 Å². The van der Waals surface area contributed by atoms with E-state index in [0.29, 0.717) is 49.3 Å². The summed E-state index contributed by atoms with van der Waals surface area (Å²) in [5, 5.41) is 3.88. The van der Waals surface area contributed by atoms with Crippen molar-refractivity contribution in [2.24, 2.45) is 0 Å².